The maximum absolute atomic E-state index is 13.2. The van der Waals surface area contributed by atoms with Gasteiger partial charge in [0.25, 0.3) is 5.24 Å². The highest BCUT2D eigenvalue weighted by Gasteiger charge is 2.42. The van der Waals surface area contributed by atoms with Crippen LogP contribution in [0.1, 0.15) is 49.2 Å². The molecule has 0 aliphatic carbocycles. The van der Waals surface area contributed by atoms with E-state index in [-0.39, 0.29) is 17.5 Å². The van der Waals surface area contributed by atoms with E-state index in [1.165, 1.54) is 20.8 Å². The zero-order valence-electron chi connectivity index (χ0n) is 12.5. The normalized spacial score (nSPS) is 13.3. The second-order valence-electron chi connectivity index (χ2n) is 5.75. The number of carbonyl (C=O) groups excluding carboxylic acids is 1. The first-order chi connectivity index (χ1) is 9.73. The van der Waals surface area contributed by atoms with Gasteiger partial charge in [-0.2, -0.15) is 13.2 Å². The topological polar surface area (TPSA) is 51.2 Å². The molecule has 0 heterocycles. The highest BCUT2D eigenvalue weighted by atomic mass is 35.5. The van der Waals surface area contributed by atoms with Crippen LogP contribution in [0.4, 0.5) is 13.2 Å². The third-order valence-corrected chi connectivity index (χ3v) is 5.93. The van der Waals surface area contributed by atoms with Crippen LogP contribution in [0.5, 0.6) is 0 Å². The minimum atomic E-state index is -4.92. The SMILES string of the molecule is CCc1cc(S(=O)(=O)C(C)(C)C)c(C(F)(F)F)cc1C(=O)Cl. The summed E-state index contributed by atoms with van der Waals surface area (Å²) < 4.78 is 63.2. The molecule has 8 heteroatoms. The zero-order chi connectivity index (χ0) is 17.5. The maximum atomic E-state index is 13.2. The molecule has 0 aromatic heterocycles. The summed E-state index contributed by atoms with van der Waals surface area (Å²) in [6, 6.07) is 1.42. The number of carbonyl (C=O) groups is 1. The summed E-state index contributed by atoms with van der Waals surface area (Å²) >= 11 is 5.31. The quantitative estimate of drug-likeness (QED) is 0.762. The summed E-state index contributed by atoms with van der Waals surface area (Å²) in [5, 5.41) is -1.05. The van der Waals surface area contributed by atoms with Gasteiger partial charge in [0.2, 0.25) is 0 Å². The molecule has 0 aliphatic rings. The van der Waals surface area contributed by atoms with Gasteiger partial charge in [0, 0.05) is 5.56 Å². The van der Waals surface area contributed by atoms with E-state index in [4.69, 9.17) is 11.6 Å². The summed E-state index contributed by atoms with van der Waals surface area (Å²) in [6.07, 6.45) is -4.74. The van der Waals surface area contributed by atoms with E-state index in [1.54, 1.807) is 6.92 Å². The van der Waals surface area contributed by atoms with Crippen molar-refractivity contribution in [3.63, 3.8) is 0 Å². The van der Waals surface area contributed by atoms with Gasteiger partial charge < -0.3 is 0 Å². The Bertz CT molecular complexity index is 701. The van der Waals surface area contributed by atoms with E-state index in [0.717, 1.165) is 6.07 Å². The first-order valence-corrected chi connectivity index (χ1v) is 8.28. The second kappa shape index (κ2) is 5.85. The molecule has 1 aromatic carbocycles. The number of sulfone groups is 1. The fourth-order valence-electron chi connectivity index (χ4n) is 1.87. The molecule has 0 radical (unpaired) electrons. The number of benzene rings is 1. The Balaban J connectivity index is 3.89. The Hall–Kier alpha value is -1.08. The molecule has 0 amide bonds. The molecule has 22 heavy (non-hydrogen) atoms. The molecule has 0 fully saturated rings. The van der Waals surface area contributed by atoms with Crippen LogP contribution in [-0.2, 0) is 22.4 Å². The monoisotopic (exact) mass is 356 g/mol. The van der Waals surface area contributed by atoms with Gasteiger partial charge in [-0.15, -0.1) is 0 Å². The van der Waals surface area contributed by atoms with Crippen LogP contribution in [0.3, 0.4) is 0 Å². The van der Waals surface area contributed by atoms with Crippen molar-refractivity contribution in [2.45, 2.75) is 49.9 Å². The van der Waals surface area contributed by atoms with Gasteiger partial charge in [0.05, 0.1) is 15.2 Å². The van der Waals surface area contributed by atoms with Crippen LogP contribution in [0.2, 0.25) is 0 Å². The molecule has 0 saturated heterocycles. The Morgan fingerprint density at radius 1 is 1.18 bits per heavy atom. The highest BCUT2D eigenvalue weighted by Crippen LogP contribution is 2.39. The molecule has 3 nitrogen and oxygen atoms in total. The summed E-state index contributed by atoms with van der Waals surface area (Å²) in [7, 11) is -4.24. The molecule has 1 rings (SSSR count). The van der Waals surface area contributed by atoms with Crippen LogP contribution in [0.25, 0.3) is 0 Å². The van der Waals surface area contributed by atoms with Crippen molar-refractivity contribution in [3.8, 4) is 0 Å². The highest BCUT2D eigenvalue weighted by molar-refractivity contribution is 7.92. The first-order valence-electron chi connectivity index (χ1n) is 6.42. The average molecular weight is 357 g/mol. The van der Waals surface area contributed by atoms with Gasteiger partial charge in [-0.25, -0.2) is 8.42 Å². The van der Waals surface area contributed by atoms with Crippen molar-refractivity contribution in [1.82, 2.24) is 0 Å². The van der Waals surface area contributed by atoms with Crippen molar-refractivity contribution in [1.29, 1.82) is 0 Å². The summed E-state index contributed by atoms with van der Waals surface area (Å²) in [5.41, 5.74) is -1.54. The van der Waals surface area contributed by atoms with Crippen molar-refractivity contribution >= 4 is 26.7 Å². The number of hydrogen-bond acceptors (Lipinski definition) is 3. The lowest BCUT2D eigenvalue weighted by Crippen LogP contribution is -2.30. The van der Waals surface area contributed by atoms with Crippen molar-refractivity contribution in [3.05, 3.63) is 28.8 Å². The Morgan fingerprint density at radius 3 is 2.00 bits per heavy atom. The third-order valence-electron chi connectivity index (χ3n) is 3.20. The van der Waals surface area contributed by atoms with Crippen LogP contribution in [0.15, 0.2) is 17.0 Å². The van der Waals surface area contributed by atoms with Crippen LogP contribution in [0, 0.1) is 0 Å². The van der Waals surface area contributed by atoms with Gasteiger partial charge in [0.1, 0.15) is 0 Å². The summed E-state index contributed by atoms with van der Waals surface area (Å²) in [4.78, 5) is 10.5. The number of hydrogen-bond donors (Lipinski definition) is 0. The van der Waals surface area contributed by atoms with Gasteiger partial charge in [0.15, 0.2) is 9.84 Å². The average Bonchev–Trinajstić information content (AvgIpc) is 2.34. The predicted octanol–water partition coefficient (Wildman–Crippen LogP) is 4.22. The smallest absolute Gasteiger partial charge is 0.276 e. The standard InChI is InChI=1S/C14H16ClF3O3S/c1-5-8-6-11(22(20,21)13(2,3)4)10(14(16,17)18)7-9(8)12(15)19/h6-7H,5H2,1-4H3. The van der Waals surface area contributed by atoms with Gasteiger partial charge in [-0.3, -0.25) is 4.79 Å². The fourth-order valence-corrected chi connectivity index (χ4v) is 3.47. The number of aryl methyl sites for hydroxylation is 1. The van der Waals surface area contributed by atoms with Gasteiger partial charge >= 0.3 is 6.18 Å². The van der Waals surface area contributed by atoms with Gasteiger partial charge in [-0.05, 0) is 56.5 Å². The van der Waals surface area contributed by atoms with Crippen LogP contribution < -0.4 is 0 Å². The van der Waals surface area contributed by atoms with E-state index in [9.17, 15) is 26.4 Å². The third kappa shape index (κ3) is 3.46. The predicted molar refractivity (Wildman–Crippen MR) is 77.9 cm³/mol. The number of rotatable bonds is 3. The molecular formula is C14H16ClF3O3S. The minimum absolute atomic E-state index is 0.163. The number of alkyl halides is 3. The molecule has 0 unspecified atom stereocenters. The van der Waals surface area contributed by atoms with E-state index >= 15 is 0 Å². The van der Waals surface area contributed by atoms with E-state index in [1.807, 2.05) is 0 Å². The molecular weight excluding hydrogens is 341 g/mol. The zero-order valence-corrected chi connectivity index (χ0v) is 14.1. The molecule has 1 aromatic rings. The van der Waals surface area contributed by atoms with Crippen molar-refractivity contribution < 1.29 is 26.4 Å². The molecule has 0 bridgehead atoms. The van der Waals surface area contributed by atoms with E-state index < -0.39 is 36.5 Å². The summed E-state index contributed by atoms with van der Waals surface area (Å²) in [5.74, 6) is 0. The molecule has 124 valence electrons. The Kier molecular flexibility index (Phi) is 5.04. The van der Waals surface area contributed by atoms with Crippen LogP contribution >= 0.6 is 11.6 Å². The molecule has 0 saturated carbocycles. The molecule has 0 spiro atoms. The lowest BCUT2D eigenvalue weighted by atomic mass is 10.0. The first kappa shape index (κ1) is 19.0. The molecule has 0 atom stereocenters. The lowest BCUT2D eigenvalue weighted by molar-refractivity contribution is -0.139. The number of halogens is 4. The van der Waals surface area contributed by atoms with Crippen molar-refractivity contribution in [2.75, 3.05) is 0 Å². The molecule has 0 N–H and O–H groups in total. The summed E-state index contributed by atoms with van der Waals surface area (Å²) in [6.45, 7) is 5.54. The second-order valence-corrected chi connectivity index (χ2v) is 8.76. The van der Waals surface area contributed by atoms with Crippen molar-refractivity contribution in [2.24, 2.45) is 0 Å². The minimum Gasteiger partial charge on any atom is -0.276 e. The molecule has 0 aliphatic heterocycles. The fraction of sp³-hybridized carbons (Fsp3) is 0.500. The largest absolute Gasteiger partial charge is 0.417 e. The van der Waals surface area contributed by atoms with E-state index in [2.05, 4.69) is 0 Å². The van der Waals surface area contributed by atoms with Gasteiger partial charge in [-0.1, -0.05) is 6.92 Å². The van der Waals surface area contributed by atoms with E-state index in [0.29, 0.717) is 6.07 Å². The Morgan fingerprint density at radius 2 is 1.68 bits per heavy atom. The lowest BCUT2D eigenvalue weighted by Gasteiger charge is -2.23. The maximum Gasteiger partial charge on any atom is 0.417 e. The van der Waals surface area contributed by atoms with Crippen LogP contribution in [-0.4, -0.2) is 18.4 Å². The Labute approximate surface area is 132 Å².